The Labute approximate surface area is 208 Å². The summed E-state index contributed by atoms with van der Waals surface area (Å²) in [6.45, 7) is 2.87. The third-order valence-electron chi connectivity index (χ3n) is 6.23. The molecule has 1 aromatic heterocycles. The van der Waals surface area contributed by atoms with Gasteiger partial charge >= 0.3 is 0 Å². The highest BCUT2D eigenvalue weighted by Crippen LogP contribution is 2.23. The first-order valence-corrected chi connectivity index (χ1v) is 12.1. The van der Waals surface area contributed by atoms with E-state index in [-0.39, 0.29) is 11.7 Å². The highest BCUT2D eigenvalue weighted by Gasteiger charge is 2.16. The lowest BCUT2D eigenvalue weighted by atomic mass is 10.0. The van der Waals surface area contributed by atoms with E-state index >= 15 is 0 Å². The molecular formula is C28H28FN3O4. The van der Waals surface area contributed by atoms with E-state index in [2.05, 4.69) is 10.3 Å². The van der Waals surface area contributed by atoms with Crippen LogP contribution < -0.4 is 14.8 Å². The van der Waals surface area contributed by atoms with Crippen molar-refractivity contribution in [3.05, 3.63) is 84.4 Å². The summed E-state index contributed by atoms with van der Waals surface area (Å²) in [6, 6.07) is 19.1. The molecule has 0 atom stereocenters. The van der Waals surface area contributed by atoms with Gasteiger partial charge in [0.05, 0.1) is 16.7 Å². The first-order valence-electron chi connectivity index (χ1n) is 12.1. The van der Waals surface area contributed by atoms with E-state index in [1.165, 1.54) is 12.1 Å². The molecule has 4 aromatic rings. The van der Waals surface area contributed by atoms with Crippen molar-refractivity contribution in [3.8, 4) is 17.2 Å². The minimum atomic E-state index is -0.299. The van der Waals surface area contributed by atoms with E-state index in [1.807, 2.05) is 47.0 Å². The second-order valence-corrected chi connectivity index (χ2v) is 8.73. The Morgan fingerprint density at radius 1 is 1.00 bits per heavy atom. The maximum Gasteiger partial charge on any atom is 0.251 e. The highest BCUT2D eigenvalue weighted by molar-refractivity contribution is 5.97. The molecule has 186 valence electrons. The number of benzene rings is 3. The zero-order chi connectivity index (χ0) is 24.7. The molecule has 8 heteroatoms. The van der Waals surface area contributed by atoms with Gasteiger partial charge in [0.1, 0.15) is 36.9 Å². The number of carbonyl (C=O) groups excluding carboxylic acids is 1. The minimum absolute atomic E-state index is 0.0869. The van der Waals surface area contributed by atoms with Crippen LogP contribution in [-0.2, 0) is 4.74 Å². The van der Waals surface area contributed by atoms with E-state index in [1.54, 1.807) is 18.5 Å². The molecule has 5 rings (SSSR count). The van der Waals surface area contributed by atoms with Crippen LogP contribution in [0, 0.1) is 11.7 Å². The Bertz CT molecular complexity index is 1320. The second kappa shape index (κ2) is 11.2. The van der Waals surface area contributed by atoms with Crippen LogP contribution in [0.25, 0.3) is 16.7 Å². The van der Waals surface area contributed by atoms with Gasteiger partial charge in [-0.05, 0) is 73.4 Å². The monoisotopic (exact) mass is 489 g/mol. The van der Waals surface area contributed by atoms with Gasteiger partial charge in [0, 0.05) is 31.4 Å². The van der Waals surface area contributed by atoms with Gasteiger partial charge in [-0.3, -0.25) is 9.36 Å². The summed E-state index contributed by atoms with van der Waals surface area (Å²) in [5.41, 5.74) is 3.13. The smallest absolute Gasteiger partial charge is 0.251 e. The van der Waals surface area contributed by atoms with Gasteiger partial charge < -0.3 is 19.5 Å². The van der Waals surface area contributed by atoms with Crippen molar-refractivity contribution in [2.75, 3.05) is 33.0 Å². The number of amides is 1. The first kappa shape index (κ1) is 23.8. The van der Waals surface area contributed by atoms with E-state index in [9.17, 15) is 9.18 Å². The highest BCUT2D eigenvalue weighted by atomic mass is 19.1. The number of imidazole rings is 1. The SMILES string of the molecule is O=C(NCC1CCOCC1)c1ccc2c(c1)ncn2-c1cccc(OCCOc2ccc(F)cc2)c1. The molecule has 2 heterocycles. The van der Waals surface area contributed by atoms with Crippen molar-refractivity contribution in [3.63, 3.8) is 0 Å². The van der Waals surface area contributed by atoms with Crippen LogP contribution in [0.3, 0.4) is 0 Å². The third kappa shape index (κ3) is 5.83. The molecule has 3 aromatic carbocycles. The van der Waals surface area contributed by atoms with Crippen LogP contribution in [0.5, 0.6) is 11.5 Å². The fourth-order valence-corrected chi connectivity index (χ4v) is 4.22. The van der Waals surface area contributed by atoms with Crippen LogP contribution in [0.4, 0.5) is 4.39 Å². The molecule has 0 aliphatic carbocycles. The van der Waals surface area contributed by atoms with E-state index in [0.717, 1.165) is 42.8 Å². The van der Waals surface area contributed by atoms with Crippen molar-refractivity contribution >= 4 is 16.9 Å². The van der Waals surface area contributed by atoms with Gasteiger partial charge in [-0.15, -0.1) is 0 Å². The van der Waals surface area contributed by atoms with Gasteiger partial charge in [0.2, 0.25) is 0 Å². The lowest BCUT2D eigenvalue weighted by Crippen LogP contribution is -2.32. The molecule has 0 saturated carbocycles. The number of nitrogens with zero attached hydrogens (tertiary/aromatic N) is 2. The van der Waals surface area contributed by atoms with Crippen molar-refractivity contribution in [1.29, 1.82) is 0 Å². The maximum atomic E-state index is 13.0. The number of nitrogens with one attached hydrogen (secondary N) is 1. The molecule has 0 bridgehead atoms. The number of fused-ring (bicyclic) bond motifs is 1. The first-order chi connectivity index (χ1) is 17.7. The Balaban J connectivity index is 1.20. The normalized spacial score (nSPS) is 14.0. The maximum absolute atomic E-state index is 13.0. The molecule has 36 heavy (non-hydrogen) atoms. The molecule has 1 fully saturated rings. The number of carbonyl (C=O) groups is 1. The Morgan fingerprint density at radius 3 is 2.58 bits per heavy atom. The van der Waals surface area contributed by atoms with Crippen LogP contribution in [0.1, 0.15) is 23.2 Å². The average molecular weight is 490 g/mol. The quantitative estimate of drug-likeness (QED) is 0.343. The van der Waals surface area contributed by atoms with Crippen LogP contribution in [0.15, 0.2) is 73.1 Å². The molecule has 1 N–H and O–H groups in total. The van der Waals surface area contributed by atoms with Crippen molar-refractivity contribution in [1.82, 2.24) is 14.9 Å². The zero-order valence-corrected chi connectivity index (χ0v) is 19.9. The Morgan fingerprint density at radius 2 is 1.78 bits per heavy atom. The lowest BCUT2D eigenvalue weighted by molar-refractivity contribution is 0.0642. The molecule has 0 radical (unpaired) electrons. The summed E-state index contributed by atoms with van der Waals surface area (Å²) in [6.07, 6.45) is 3.70. The van der Waals surface area contributed by atoms with Crippen LogP contribution in [-0.4, -0.2) is 48.4 Å². The number of hydrogen-bond donors (Lipinski definition) is 1. The second-order valence-electron chi connectivity index (χ2n) is 8.73. The molecule has 1 amide bonds. The topological polar surface area (TPSA) is 74.6 Å². The van der Waals surface area contributed by atoms with Gasteiger partial charge in [0.15, 0.2) is 0 Å². The Hall–Kier alpha value is -3.91. The number of ether oxygens (including phenoxy) is 3. The minimum Gasteiger partial charge on any atom is -0.490 e. The number of halogens is 1. The summed E-state index contributed by atoms with van der Waals surface area (Å²) in [5, 5.41) is 3.04. The summed E-state index contributed by atoms with van der Waals surface area (Å²) in [5.74, 6) is 1.37. The van der Waals surface area contributed by atoms with Gasteiger partial charge in [-0.2, -0.15) is 0 Å². The largest absolute Gasteiger partial charge is 0.490 e. The van der Waals surface area contributed by atoms with E-state index < -0.39 is 0 Å². The van der Waals surface area contributed by atoms with E-state index in [0.29, 0.717) is 42.7 Å². The molecule has 7 nitrogen and oxygen atoms in total. The number of aromatic nitrogens is 2. The summed E-state index contributed by atoms with van der Waals surface area (Å²) >= 11 is 0. The van der Waals surface area contributed by atoms with Crippen LogP contribution in [0.2, 0.25) is 0 Å². The van der Waals surface area contributed by atoms with Gasteiger partial charge in [0.25, 0.3) is 5.91 Å². The molecule has 0 spiro atoms. The van der Waals surface area contributed by atoms with Crippen molar-refractivity contribution in [2.24, 2.45) is 5.92 Å². The van der Waals surface area contributed by atoms with E-state index in [4.69, 9.17) is 14.2 Å². The average Bonchev–Trinajstić information content (AvgIpc) is 3.35. The fraction of sp³-hybridized carbons (Fsp3) is 0.286. The zero-order valence-electron chi connectivity index (χ0n) is 19.9. The molecule has 1 saturated heterocycles. The fourth-order valence-electron chi connectivity index (χ4n) is 4.22. The lowest BCUT2D eigenvalue weighted by Gasteiger charge is -2.22. The van der Waals surface area contributed by atoms with Crippen molar-refractivity contribution < 1.29 is 23.4 Å². The van der Waals surface area contributed by atoms with Gasteiger partial charge in [-0.1, -0.05) is 6.07 Å². The predicted octanol–water partition coefficient (Wildman–Crippen LogP) is 4.78. The standard InChI is InChI=1S/C28H28FN3O4/c29-22-5-7-24(8-6-22)35-14-15-36-25-3-1-2-23(17-25)32-19-31-26-16-21(4-9-27(26)32)28(33)30-18-20-10-12-34-13-11-20/h1-9,16-17,19-20H,10-15,18H2,(H,30,33). The number of hydrogen-bond acceptors (Lipinski definition) is 5. The molecule has 1 aliphatic rings. The van der Waals surface area contributed by atoms with Gasteiger partial charge in [-0.25, -0.2) is 9.37 Å². The molecular weight excluding hydrogens is 461 g/mol. The summed E-state index contributed by atoms with van der Waals surface area (Å²) < 4.78 is 31.7. The summed E-state index contributed by atoms with van der Waals surface area (Å²) in [7, 11) is 0. The molecule has 0 unspecified atom stereocenters. The van der Waals surface area contributed by atoms with Crippen LogP contribution >= 0.6 is 0 Å². The predicted molar refractivity (Wildman–Crippen MR) is 134 cm³/mol. The molecule has 1 aliphatic heterocycles. The van der Waals surface area contributed by atoms with Crippen molar-refractivity contribution in [2.45, 2.75) is 12.8 Å². The number of rotatable bonds is 9. The summed E-state index contributed by atoms with van der Waals surface area (Å²) in [4.78, 5) is 17.2. The Kier molecular flexibility index (Phi) is 7.42. The third-order valence-corrected chi connectivity index (χ3v) is 6.23.